The van der Waals surface area contributed by atoms with Gasteiger partial charge < -0.3 is 5.11 Å². The Labute approximate surface area is 129 Å². The lowest BCUT2D eigenvalue weighted by atomic mass is 10.2. The number of nitrogens with zero attached hydrogens (tertiary/aromatic N) is 3. The van der Waals surface area contributed by atoms with Gasteiger partial charge >= 0.3 is 23.8 Å². The largest absolute Gasteiger partial charge is 0.480 e. The summed E-state index contributed by atoms with van der Waals surface area (Å²) in [6.07, 6.45) is 0. The van der Waals surface area contributed by atoms with Crippen LogP contribution in [0.2, 0.25) is 0 Å². The maximum Gasteiger partial charge on any atom is 0.335 e. The first-order valence-electron chi connectivity index (χ1n) is 6.39. The molecule has 0 spiro atoms. The second-order valence-corrected chi connectivity index (χ2v) is 4.79. The van der Waals surface area contributed by atoms with Crippen LogP contribution in [0.5, 0.6) is 0 Å². The van der Waals surface area contributed by atoms with Gasteiger partial charge in [0.1, 0.15) is 6.04 Å². The van der Waals surface area contributed by atoms with Crippen molar-refractivity contribution in [2.45, 2.75) is 19.5 Å². The quantitative estimate of drug-likeness (QED) is 0.357. The molecule has 0 aromatic heterocycles. The minimum absolute atomic E-state index is 0.233. The van der Waals surface area contributed by atoms with Gasteiger partial charge in [0.15, 0.2) is 0 Å². The third-order valence-corrected chi connectivity index (χ3v) is 3.29. The lowest BCUT2D eigenvalue weighted by Crippen LogP contribution is -2.43. The van der Waals surface area contributed by atoms with Crippen LogP contribution in [0.15, 0.2) is 24.3 Å². The molecule has 0 bridgehead atoms. The molecule has 0 radical (unpaired) electrons. The topological polar surface area (TPSA) is 138 Å². The average molecular weight is 321 g/mol. The number of non-ortho nitro benzene ring substituents is 1. The highest BCUT2D eigenvalue weighted by molar-refractivity contribution is 6.45. The molecular formula is C13H11N3O7. The highest BCUT2D eigenvalue weighted by Gasteiger charge is 2.48. The van der Waals surface area contributed by atoms with Gasteiger partial charge in [-0.15, -0.1) is 0 Å². The number of aliphatic carboxylic acids is 1. The molecule has 1 aromatic carbocycles. The molecule has 1 aromatic rings. The molecule has 23 heavy (non-hydrogen) atoms. The lowest BCUT2D eigenvalue weighted by Gasteiger charge is -2.18. The van der Waals surface area contributed by atoms with E-state index < -0.39 is 34.8 Å². The second-order valence-electron chi connectivity index (χ2n) is 4.79. The van der Waals surface area contributed by atoms with Gasteiger partial charge in [0, 0.05) is 12.1 Å². The molecule has 1 atom stereocenters. The summed E-state index contributed by atoms with van der Waals surface area (Å²) in [5, 5.41) is 19.6. The molecule has 10 nitrogen and oxygen atoms in total. The van der Waals surface area contributed by atoms with Crippen LogP contribution in [0.3, 0.4) is 0 Å². The highest BCUT2D eigenvalue weighted by atomic mass is 16.6. The fraction of sp³-hybridized carbons (Fsp3) is 0.231. The van der Waals surface area contributed by atoms with Crippen molar-refractivity contribution in [2.24, 2.45) is 0 Å². The van der Waals surface area contributed by atoms with E-state index in [1.165, 1.54) is 18.2 Å². The van der Waals surface area contributed by atoms with Gasteiger partial charge in [0.25, 0.3) is 5.69 Å². The van der Waals surface area contributed by atoms with Crippen LogP contribution in [0.25, 0.3) is 0 Å². The molecule has 120 valence electrons. The average Bonchev–Trinajstić information content (AvgIpc) is 2.70. The zero-order valence-corrected chi connectivity index (χ0v) is 11.8. The first-order valence-corrected chi connectivity index (χ1v) is 6.39. The standard InChI is InChI=1S/C13H11N3O7/c1-7(12(19)20)15-11(18)10(17)14(13(15)21)6-8-3-2-4-9(5-8)16(22)23/h2-5,7H,6H2,1H3,(H,19,20). The van der Waals surface area contributed by atoms with Crippen LogP contribution >= 0.6 is 0 Å². The molecule has 1 saturated heterocycles. The molecular weight excluding hydrogens is 310 g/mol. The van der Waals surface area contributed by atoms with E-state index >= 15 is 0 Å². The predicted molar refractivity (Wildman–Crippen MR) is 73.0 cm³/mol. The third kappa shape index (κ3) is 2.86. The smallest absolute Gasteiger partial charge is 0.335 e. The summed E-state index contributed by atoms with van der Waals surface area (Å²) >= 11 is 0. The van der Waals surface area contributed by atoms with E-state index in [-0.39, 0.29) is 17.8 Å². The van der Waals surface area contributed by atoms with Crippen molar-refractivity contribution in [3.63, 3.8) is 0 Å². The van der Waals surface area contributed by atoms with Gasteiger partial charge in [-0.2, -0.15) is 0 Å². The first kappa shape index (κ1) is 16.1. The van der Waals surface area contributed by atoms with Crippen molar-refractivity contribution in [3.8, 4) is 0 Å². The molecule has 2 rings (SSSR count). The number of rotatable bonds is 5. The van der Waals surface area contributed by atoms with Crippen molar-refractivity contribution in [3.05, 3.63) is 39.9 Å². The Hall–Kier alpha value is -3.30. The van der Waals surface area contributed by atoms with E-state index in [9.17, 15) is 29.3 Å². The van der Waals surface area contributed by atoms with Gasteiger partial charge in [-0.3, -0.25) is 24.6 Å². The lowest BCUT2D eigenvalue weighted by molar-refractivity contribution is -0.384. The number of carboxylic acids is 1. The Morgan fingerprint density at radius 1 is 1.30 bits per heavy atom. The second kappa shape index (κ2) is 5.83. The van der Waals surface area contributed by atoms with Gasteiger partial charge in [0.2, 0.25) is 0 Å². The predicted octanol–water partition coefficient (Wildman–Crippen LogP) is 0.359. The van der Waals surface area contributed by atoms with Gasteiger partial charge in [0.05, 0.1) is 11.5 Å². The third-order valence-electron chi connectivity index (χ3n) is 3.29. The number of carbonyl (C=O) groups excluding carboxylic acids is 3. The molecule has 0 aliphatic carbocycles. The number of nitro groups is 1. The Kier molecular flexibility index (Phi) is 4.08. The Morgan fingerprint density at radius 2 is 1.96 bits per heavy atom. The number of hydrogen-bond acceptors (Lipinski definition) is 6. The van der Waals surface area contributed by atoms with E-state index in [0.717, 1.165) is 13.0 Å². The van der Waals surface area contributed by atoms with Crippen LogP contribution in [-0.4, -0.2) is 49.7 Å². The Balaban J connectivity index is 2.27. The fourth-order valence-electron chi connectivity index (χ4n) is 2.06. The number of carboxylic acid groups (broad SMARTS) is 1. The summed E-state index contributed by atoms with van der Waals surface area (Å²) in [5.74, 6) is -3.85. The van der Waals surface area contributed by atoms with Crippen molar-refractivity contribution < 1.29 is 29.2 Å². The van der Waals surface area contributed by atoms with Crippen molar-refractivity contribution in [1.29, 1.82) is 0 Å². The van der Waals surface area contributed by atoms with Gasteiger partial charge in [-0.25, -0.2) is 14.5 Å². The molecule has 1 N–H and O–H groups in total. The Bertz CT molecular complexity index is 730. The molecule has 1 aliphatic rings. The van der Waals surface area contributed by atoms with Crippen LogP contribution in [0.4, 0.5) is 10.5 Å². The van der Waals surface area contributed by atoms with Crippen molar-refractivity contribution in [1.82, 2.24) is 9.80 Å². The molecule has 10 heteroatoms. The molecule has 1 heterocycles. The normalized spacial score (nSPS) is 16.0. The van der Waals surface area contributed by atoms with Crippen molar-refractivity contribution >= 4 is 29.5 Å². The SMILES string of the molecule is CC(C(=O)O)N1C(=O)C(=O)N(Cc2cccc([N+](=O)[O-])c2)C1=O. The van der Waals surface area contributed by atoms with Crippen LogP contribution in [-0.2, 0) is 20.9 Å². The highest BCUT2D eigenvalue weighted by Crippen LogP contribution is 2.20. The summed E-state index contributed by atoms with van der Waals surface area (Å²) in [6, 6.07) is 2.66. The minimum Gasteiger partial charge on any atom is -0.480 e. The summed E-state index contributed by atoms with van der Waals surface area (Å²) in [5.41, 5.74) is 0.0298. The van der Waals surface area contributed by atoms with E-state index in [1.54, 1.807) is 0 Å². The van der Waals surface area contributed by atoms with Crippen LogP contribution < -0.4 is 0 Å². The number of benzene rings is 1. The summed E-state index contributed by atoms with van der Waals surface area (Å²) < 4.78 is 0. The maximum atomic E-state index is 12.1. The number of nitro benzene ring substituents is 1. The number of hydrogen-bond donors (Lipinski definition) is 1. The molecule has 1 unspecified atom stereocenters. The molecule has 1 fully saturated rings. The molecule has 1 aliphatic heterocycles. The number of imide groups is 2. The van der Waals surface area contributed by atoms with Gasteiger partial charge in [-0.1, -0.05) is 12.1 Å². The van der Waals surface area contributed by atoms with Crippen molar-refractivity contribution in [2.75, 3.05) is 0 Å². The maximum absolute atomic E-state index is 12.1. The fourth-order valence-corrected chi connectivity index (χ4v) is 2.06. The Morgan fingerprint density at radius 3 is 2.52 bits per heavy atom. The molecule has 0 saturated carbocycles. The zero-order chi connectivity index (χ0) is 17.3. The van der Waals surface area contributed by atoms with E-state index in [1.807, 2.05) is 0 Å². The first-order chi connectivity index (χ1) is 10.7. The van der Waals surface area contributed by atoms with Crippen LogP contribution in [0, 0.1) is 10.1 Å². The van der Waals surface area contributed by atoms with Gasteiger partial charge in [-0.05, 0) is 12.5 Å². The van der Waals surface area contributed by atoms with E-state index in [0.29, 0.717) is 9.80 Å². The number of urea groups is 1. The van der Waals surface area contributed by atoms with E-state index in [4.69, 9.17) is 5.11 Å². The monoisotopic (exact) mass is 321 g/mol. The van der Waals surface area contributed by atoms with Crippen LogP contribution in [0.1, 0.15) is 12.5 Å². The summed E-state index contributed by atoms with van der Waals surface area (Å²) in [6.45, 7) is 0.732. The summed E-state index contributed by atoms with van der Waals surface area (Å²) in [7, 11) is 0. The number of amides is 4. The minimum atomic E-state index is -1.49. The zero-order valence-electron chi connectivity index (χ0n) is 11.8. The van der Waals surface area contributed by atoms with E-state index in [2.05, 4.69) is 0 Å². The molecule has 4 amide bonds. The summed E-state index contributed by atoms with van der Waals surface area (Å²) in [4.78, 5) is 57.7. The number of carbonyl (C=O) groups is 4.